The number of ketones is 1. The van der Waals surface area contributed by atoms with Gasteiger partial charge in [0.05, 0.1) is 28.6 Å². The van der Waals surface area contributed by atoms with Crippen LogP contribution in [0.2, 0.25) is 5.02 Å². The number of esters is 1. The summed E-state index contributed by atoms with van der Waals surface area (Å²) in [4.78, 5) is 36.0. The van der Waals surface area contributed by atoms with Crippen LogP contribution in [0, 0.1) is 0 Å². The molecule has 130 valence electrons. The molecule has 7 heteroatoms. The fourth-order valence-corrected chi connectivity index (χ4v) is 3.44. The number of rotatable bonds is 5. The molecule has 1 atom stereocenters. The maximum Gasteiger partial charge on any atom is 0.338 e. The Bertz CT molecular complexity index is 870. The van der Waals surface area contributed by atoms with Crippen LogP contribution in [0.4, 0.5) is 0 Å². The number of hydrogen-bond donors (Lipinski definition) is 1. The maximum absolute atomic E-state index is 12.8. The van der Waals surface area contributed by atoms with E-state index in [1.807, 2.05) is 0 Å². The van der Waals surface area contributed by atoms with Gasteiger partial charge in [0.25, 0.3) is 0 Å². The Morgan fingerprint density at radius 2 is 2.00 bits per heavy atom. The topological polar surface area (TPSA) is 85.6 Å². The molecule has 0 bridgehead atoms. The zero-order valence-electron chi connectivity index (χ0n) is 13.5. The fraction of sp³-hybridized carbons (Fsp3) is 0.278. The number of nitrogens with zero attached hydrogens (tertiary/aromatic N) is 1. The third-order valence-corrected chi connectivity index (χ3v) is 4.53. The van der Waals surface area contributed by atoms with Crippen LogP contribution >= 0.6 is 11.6 Å². The van der Waals surface area contributed by atoms with E-state index in [1.54, 1.807) is 29.7 Å². The van der Waals surface area contributed by atoms with E-state index in [9.17, 15) is 19.5 Å². The van der Waals surface area contributed by atoms with Gasteiger partial charge in [-0.3, -0.25) is 9.59 Å². The van der Waals surface area contributed by atoms with E-state index >= 15 is 0 Å². The number of carbonyl (C=O) groups is 3. The fourth-order valence-electron chi connectivity index (χ4n) is 3.10. The van der Waals surface area contributed by atoms with Crippen LogP contribution in [0.25, 0.3) is 0 Å². The molecule has 0 aliphatic carbocycles. The van der Waals surface area contributed by atoms with E-state index in [0.717, 1.165) is 0 Å². The summed E-state index contributed by atoms with van der Waals surface area (Å²) in [6.07, 6.45) is 0.397. The third kappa shape index (κ3) is 3.05. The average Bonchev–Trinajstić information content (AvgIpc) is 3.16. The molecule has 25 heavy (non-hydrogen) atoms. The van der Waals surface area contributed by atoms with Gasteiger partial charge in [-0.05, 0) is 31.5 Å². The number of fused-ring (bicyclic) bond motifs is 1. The van der Waals surface area contributed by atoms with E-state index in [-0.39, 0.29) is 23.0 Å². The lowest BCUT2D eigenvalue weighted by Gasteiger charge is -2.07. The van der Waals surface area contributed by atoms with Gasteiger partial charge >= 0.3 is 11.9 Å². The molecular weight excluding hydrogens is 346 g/mol. The lowest BCUT2D eigenvalue weighted by atomic mass is 10.0. The van der Waals surface area contributed by atoms with Crippen LogP contribution in [0.3, 0.4) is 0 Å². The van der Waals surface area contributed by atoms with Crippen LogP contribution in [0.5, 0.6) is 0 Å². The Hall–Kier alpha value is -2.60. The molecule has 0 radical (unpaired) electrons. The van der Waals surface area contributed by atoms with Crippen molar-refractivity contribution in [2.24, 2.45) is 0 Å². The first-order chi connectivity index (χ1) is 11.9. The molecule has 0 saturated carbocycles. The Balaban J connectivity index is 1.97. The second kappa shape index (κ2) is 6.72. The molecule has 0 amide bonds. The van der Waals surface area contributed by atoms with Crippen molar-refractivity contribution in [3.63, 3.8) is 0 Å². The summed E-state index contributed by atoms with van der Waals surface area (Å²) in [6.45, 7) is 2.37. The summed E-state index contributed by atoms with van der Waals surface area (Å²) in [5.74, 6) is -2.48. The third-order valence-electron chi connectivity index (χ3n) is 4.23. The number of carboxylic acids is 1. The molecule has 2 aromatic rings. The highest BCUT2D eigenvalue weighted by Gasteiger charge is 2.34. The Kier molecular flexibility index (Phi) is 4.63. The number of aliphatic carboxylic acids is 1. The Labute approximate surface area is 149 Å². The van der Waals surface area contributed by atoms with Crippen LogP contribution < -0.4 is 0 Å². The molecular formula is C18H16ClNO5. The number of carboxylic acid groups (broad SMARTS) is 1. The molecule has 2 heterocycles. The zero-order chi connectivity index (χ0) is 18.1. The van der Waals surface area contributed by atoms with E-state index in [4.69, 9.17) is 16.3 Å². The van der Waals surface area contributed by atoms with Crippen LogP contribution in [0.1, 0.15) is 51.4 Å². The number of carbonyl (C=O) groups excluding carboxylic acids is 2. The van der Waals surface area contributed by atoms with Gasteiger partial charge in [0.2, 0.25) is 5.78 Å². The van der Waals surface area contributed by atoms with Crippen molar-refractivity contribution in [2.45, 2.75) is 25.8 Å². The minimum Gasteiger partial charge on any atom is -0.481 e. The van der Waals surface area contributed by atoms with Crippen molar-refractivity contribution in [3.05, 3.63) is 57.9 Å². The van der Waals surface area contributed by atoms with Crippen molar-refractivity contribution in [1.29, 1.82) is 0 Å². The molecule has 3 rings (SSSR count). The first-order valence-electron chi connectivity index (χ1n) is 7.87. The van der Waals surface area contributed by atoms with E-state index in [0.29, 0.717) is 29.9 Å². The van der Waals surface area contributed by atoms with Gasteiger partial charge in [0.15, 0.2) is 0 Å². The quantitative estimate of drug-likeness (QED) is 0.653. The summed E-state index contributed by atoms with van der Waals surface area (Å²) in [6, 6.07) is 7.74. The number of halogens is 1. The zero-order valence-corrected chi connectivity index (χ0v) is 14.2. The summed E-state index contributed by atoms with van der Waals surface area (Å²) >= 11 is 6.17. The monoisotopic (exact) mass is 361 g/mol. The highest BCUT2D eigenvalue weighted by Crippen LogP contribution is 2.37. The molecule has 1 N–H and O–H groups in total. The lowest BCUT2D eigenvalue weighted by molar-refractivity contribution is -0.138. The van der Waals surface area contributed by atoms with Gasteiger partial charge in [-0.1, -0.05) is 23.7 Å². The predicted molar refractivity (Wildman–Crippen MR) is 90.3 cm³/mol. The molecule has 0 spiro atoms. The number of aromatic nitrogens is 1. The number of hydrogen-bond acceptors (Lipinski definition) is 4. The summed E-state index contributed by atoms with van der Waals surface area (Å²) in [7, 11) is 0. The minimum atomic E-state index is -0.956. The number of benzene rings is 1. The second-order valence-corrected chi connectivity index (χ2v) is 6.13. The van der Waals surface area contributed by atoms with Crippen molar-refractivity contribution in [2.75, 3.05) is 6.61 Å². The molecule has 1 aliphatic rings. The highest BCUT2D eigenvalue weighted by atomic mass is 35.5. The SMILES string of the molecule is CCOC(=O)c1cccc(C(=O)c2cc(Cl)c3n2CCC3C(=O)O)c1. The summed E-state index contributed by atoms with van der Waals surface area (Å²) < 4.78 is 6.60. The molecule has 1 aromatic carbocycles. The van der Waals surface area contributed by atoms with Gasteiger partial charge < -0.3 is 14.4 Å². The van der Waals surface area contributed by atoms with E-state index in [2.05, 4.69) is 0 Å². The molecule has 6 nitrogen and oxygen atoms in total. The summed E-state index contributed by atoms with van der Waals surface area (Å²) in [5.41, 5.74) is 1.39. The first-order valence-corrected chi connectivity index (χ1v) is 8.25. The molecule has 1 unspecified atom stereocenters. The molecule has 0 saturated heterocycles. The van der Waals surface area contributed by atoms with Crippen LogP contribution in [0.15, 0.2) is 30.3 Å². The normalized spacial score (nSPS) is 15.7. The van der Waals surface area contributed by atoms with Gasteiger partial charge in [0, 0.05) is 12.1 Å². The Morgan fingerprint density at radius 3 is 2.68 bits per heavy atom. The van der Waals surface area contributed by atoms with Crippen LogP contribution in [-0.4, -0.2) is 34.0 Å². The number of ether oxygens (including phenoxy) is 1. The maximum atomic E-state index is 12.8. The van der Waals surface area contributed by atoms with E-state index < -0.39 is 17.9 Å². The second-order valence-electron chi connectivity index (χ2n) is 5.72. The first kappa shape index (κ1) is 17.2. The predicted octanol–water partition coefficient (Wildman–Crippen LogP) is 3.12. The van der Waals surface area contributed by atoms with Crippen molar-refractivity contribution < 1.29 is 24.2 Å². The highest BCUT2D eigenvalue weighted by molar-refractivity contribution is 6.32. The average molecular weight is 362 g/mol. The van der Waals surface area contributed by atoms with Crippen molar-refractivity contribution >= 4 is 29.3 Å². The van der Waals surface area contributed by atoms with Gasteiger partial charge in [-0.15, -0.1) is 0 Å². The molecule has 1 aliphatic heterocycles. The summed E-state index contributed by atoms with van der Waals surface area (Å²) in [5, 5.41) is 9.56. The molecule has 0 fully saturated rings. The molecule has 1 aromatic heterocycles. The van der Waals surface area contributed by atoms with Crippen molar-refractivity contribution in [1.82, 2.24) is 4.57 Å². The van der Waals surface area contributed by atoms with Crippen molar-refractivity contribution in [3.8, 4) is 0 Å². The van der Waals surface area contributed by atoms with Gasteiger partial charge in [-0.2, -0.15) is 0 Å². The van der Waals surface area contributed by atoms with Crippen LogP contribution in [-0.2, 0) is 16.1 Å². The minimum absolute atomic E-state index is 0.245. The Morgan fingerprint density at radius 1 is 1.28 bits per heavy atom. The smallest absolute Gasteiger partial charge is 0.338 e. The lowest BCUT2D eigenvalue weighted by Crippen LogP contribution is -2.11. The largest absolute Gasteiger partial charge is 0.481 e. The van der Waals surface area contributed by atoms with Gasteiger partial charge in [0.1, 0.15) is 5.92 Å². The standard InChI is InChI=1S/C18H16ClNO5/c1-2-25-18(24)11-5-3-4-10(8-11)16(21)14-9-13(19)15-12(17(22)23)6-7-20(14)15/h3-5,8-9,12H,2,6-7H2,1H3,(H,22,23). The van der Waals surface area contributed by atoms with Gasteiger partial charge in [-0.25, -0.2) is 4.79 Å². The van der Waals surface area contributed by atoms with E-state index in [1.165, 1.54) is 12.1 Å².